The predicted molar refractivity (Wildman–Crippen MR) is 90.0 cm³/mol. The fraction of sp³-hybridized carbons (Fsp3) is 0.312. The molecular formula is C16H17N5OS. The van der Waals surface area contributed by atoms with Crippen LogP contribution in [0.25, 0.3) is 10.9 Å². The molecule has 23 heavy (non-hydrogen) atoms. The Hall–Kier alpha value is -2.41. The van der Waals surface area contributed by atoms with Crippen molar-refractivity contribution in [2.75, 3.05) is 6.54 Å². The molecule has 2 aromatic heterocycles. The third kappa shape index (κ3) is 2.68. The summed E-state index contributed by atoms with van der Waals surface area (Å²) in [7, 11) is 0. The van der Waals surface area contributed by atoms with Gasteiger partial charge in [-0.05, 0) is 37.2 Å². The number of amides is 1. The molecule has 1 amide bonds. The Kier molecular flexibility index (Phi) is 3.49. The molecule has 1 aliphatic rings. The lowest BCUT2D eigenvalue weighted by molar-refractivity contribution is 0.0955. The first-order valence-electron chi connectivity index (χ1n) is 7.74. The zero-order valence-corrected chi connectivity index (χ0v) is 13.3. The maximum absolute atomic E-state index is 12.4. The van der Waals surface area contributed by atoms with Gasteiger partial charge in [-0.15, -0.1) is 0 Å². The van der Waals surface area contributed by atoms with E-state index in [1.807, 2.05) is 30.5 Å². The van der Waals surface area contributed by atoms with Gasteiger partial charge in [-0.1, -0.05) is 12.1 Å². The Morgan fingerprint density at radius 2 is 2.26 bits per heavy atom. The summed E-state index contributed by atoms with van der Waals surface area (Å²) < 4.78 is 2.75. The largest absolute Gasteiger partial charge is 0.361 e. The van der Waals surface area contributed by atoms with Crippen LogP contribution in [0.3, 0.4) is 0 Å². The maximum Gasteiger partial charge on any atom is 0.253 e. The Bertz CT molecular complexity index is 918. The molecule has 0 aliphatic heterocycles. The van der Waals surface area contributed by atoms with Crippen LogP contribution in [0.4, 0.5) is 0 Å². The van der Waals surface area contributed by atoms with Crippen molar-refractivity contribution in [3.8, 4) is 0 Å². The zero-order valence-electron chi connectivity index (χ0n) is 12.5. The lowest BCUT2D eigenvalue weighted by atomic mass is 10.1. The van der Waals surface area contributed by atoms with Crippen molar-refractivity contribution in [3.05, 3.63) is 46.6 Å². The van der Waals surface area contributed by atoms with Gasteiger partial charge in [0.1, 0.15) is 5.82 Å². The zero-order chi connectivity index (χ0) is 15.8. The molecule has 0 radical (unpaired) electrons. The molecule has 3 N–H and O–H groups in total. The first kappa shape index (κ1) is 14.2. The molecule has 1 aliphatic carbocycles. The average molecular weight is 327 g/mol. The Morgan fingerprint density at radius 1 is 1.39 bits per heavy atom. The van der Waals surface area contributed by atoms with Crippen molar-refractivity contribution in [1.82, 2.24) is 25.1 Å². The van der Waals surface area contributed by atoms with Gasteiger partial charge < -0.3 is 14.9 Å². The van der Waals surface area contributed by atoms with Gasteiger partial charge in [0.15, 0.2) is 4.77 Å². The fourth-order valence-corrected chi connectivity index (χ4v) is 3.18. The van der Waals surface area contributed by atoms with Crippen molar-refractivity contribution >= 4 is 29.0 Å². The summed E-state index contributed by atoms with van der Waals surface area (Å²) in [5, 5.41) is 11.1. The average Bonchev–Trinajstić information content (AvgIpc) is 3.14. The summed E-state index contributed by atoms with van der Waals surface area (Å²) in [5.74, 6) is 0.834. The van der Waals surface area contributed by atoms with E-state index < -0.39 is 0 Å². The molecule has 3 aromatic rings. The Morgan fingerprint density at radius 3 is 3.09 bits per heavy atom. The van der Waals surface area contributed by atoms with Gasteiger partial charge in [-0.25, -0.2) is 0 Å². The van der Waals surface area contributed by atoms with E-state index in [1.165, 1.54) is 0 Å². The van der Waals surface area contributed by atoms with Crippen molar-refractivity contribution in [3.63, 3.8) is 0 Å². The van der Waals surface area contributed by atoms with Gasteiger partial charge in [0.2, 0.25) is 0 Å². The molecule has 0 saturated heterocycles. The van der Waals surface area contributed by atoms with Gasteiger partial charge in [0.25, 0.3) is 5.91 Å². The molecule has 6 nitrogen and oxygen atoms in total. The number of carbonyl (C=O) groups is 1. The SMILES string of the molecule is O=C(NCCc1n[nH]c(=S)n1C1CC1)c1cccc2cc[nH]c12. The lowest BCUT2D eigenvalue weighted by Gasteiger charge is -2.07. The second kappa shape index (κ2) is 5.66. The lowest BCUT2D eigenvalue weighted by Crippen LogP contribution is -2.26. The second-order valence-electron chi connectivity index (χ2n) is 5.80. The second-order valence-corrected chi connectivity index (χ2v) is 6.19. The number of fused-ring (bicyclic) bond motifs is 1. The van der Waals surface area contributed by atoms with Crippen LogP contribution >= 0.6 is 12.2 Å². The van der Waals surface area contributed by atoms with E-state index >= 15 is 0 Å². The number of rotatable bonds is 5. The molecule has 7 heteroatoms. The van der Waals surface area contributed by atoms with Crippen LogP contribution in [0.5, 0.6) is 0 Å². The van der Waals surface area contributed by atoms with Crippen LogP contribution in [0, 0.1) is 4.77 Å². The van der Waals surface area contributed by atoms with E-state index in [-0.39, 0.29) is 5.91 Å². The van der Waals surface area contributed by atoms with E-state index in [9.17, 15) is 4.79 Å². The number of nitrogens with one attached hydrogen (secondary N) is 3. The maximum atomic E-state index is 12.4. The highest BCUT2D eigenvalue weighted by molar-refractivity contribution is 7.71. The minimum atomic E-state index is -0.0786. The number of nitrogens with zero attached hydrogens (tertiary/aromatic N) is 2. The van der Waals surface area contributed by atoms with Crippen molar-refractivity contribution in [2.45, 2.75) is 25.3 Å². The van der Waals surface area contributed by atoms with Crippen LogP contribution in [-0.4, -0.2) is 32.2 Å². The van der Waals surface area contributed by atoms with Crippen LogP contribution < -0.4 is 5.32 Å². The number of aromatic amines is 2. The monoisotopic (exact) mass is 327 g/mol. The van der Waals surface area contributed by atoms with Crippen LogP contribution in [-0.2, 0) is 6.42 Å². The summed E-state index contributed by atoms with van der Waals surface area (Å²) in [6.45, 7) is 0.530. The van der Waals surface area contributed by atoms with E-state index in [1.54, 1.807) is 0 Å². The van der Waals surface area contributed by atoms with Gasteiger partial charge in [-0.2, -0.15) is 5.10 Å². The van der Waals surface area contributed by atoms with Crippen LogP contribution in [0.15, 0.2) is 30.5 Å². The summed E-state index contributed by atoms with van der Waals surface area (Å²) in [6, 6.07) is 8.15. The summed E-state index contributed by atoms with van der Waals surface area (Å²) in [5.41, 5.74) is 1.53. The predicted octanol–water partition coefficient (Wildman–Crippen LogP) is 2.73. The van der Waals surface area contributed by atoms with E-state index in [2.05, 4.69) is 25.1 Å². The van der Waals surface area contributed by atoms with Gasteiger partial charge >= 0.3 is 0 Å². The number of carbonyl (C=O) groups excluding carboxylic acids is 1. The van der Waals surface area contributed by atoms with Crippen molar-refractivity contribution in [2.24, 2.45) is 0 Å². The van der Waals surface area contributed by atoms with E-state index in [0.29, 0.717) is 29.3 Å². The number of benzene rings is 1. The molecule has 1 saturated carbocycles. The van der Waals surface area contributed by atoms with Crippen molar-refractivity contribution in [1.29, 1.82) is 0 Å². The van der Waals surface area contributed by atoms with E-state index in [4.69, 9.17) is 12.2 Å². The number of hydrogen-bond donors (Lipinski definition) is 3. The standard InChI is InChI=1S/C16H17N5OS/c22-15(12-3-1-2-10-6-8-17-14(10)12)18-9-7-13-19-20-16(23)21(13)11-4-5-11/h1-3,6,8,11,17H,4-5,7,9H2,(H,18,22)(H,20,23). The minimum absolute atomic E-state index is 0.0786. The highest BCUT2D eigenvalue weighted by Gasteiger charge is 2.27. The minimum Gasteiger partial charge on any atom is -0.361 e. The third-order valence-electron chi connectivity index (χ3n) is 4.16. The number of aromatic nitrogens is 4. The molecule has 4 rings (SSSR count). The van der Waals surface area contributed by atoms with Gasteiger partial charge in [0.05, 0.1) is 11.1 Å². The smallest absolute Gasteiger partial charge is 0.253 e. The summed E-state index contributed by atoms with van der Waals surface area (Å²) in [6.07, 6.45) is 4.81. The molecule has 118 valence electrons. The molecule has 0 bridgehead atoms. The number of H-pyrrole nitrogens is 2. The molecule has 1 aromatic carbocycles. The van der Waals surface area contributed by atoms with Crippen LogP contribution in [0.1, 0.15) is 35.1 Å². The van der Waals surface area contributed by atoms with E-state index in [0.717, 1.165) is 29.6 Å². The van der Waals surface area contributed by atoms with Crippen LogP contribution in [0.2, 0.25) is 0 Å². The highest BCUT2D eigenvalue weighted by Crippen LogP contribution is 2.35. The Balaban J connectivity index is 1.44. The molecule has 0 unspecified atom stereocenters. The molecule has 2 heterocycles. The number of hydrogen-bond acceptors (Lipinski definition) is 3. The Labute approximate surface area is 137 Å². The van der Waals surface area contributed by atoms with Crippen molar-refractivity contribution < 1.29 is 4.79 Å². The normalized spacial score (nSPS) is 14.3. The van der Waals surface area contributed by atoms with Gasteiger partial charge in [-0.3, -0.25) is 9.89 Å². The fourth-order valence-electron chi connectivity index (χ4n) is 2.88. The molecular weight excluding hydrogens is 310 g/mol. The molecule has 0 atom stereocenters. The molecule has 0 spiro atoms. The first-order chi connectivity index (χ1) is 11.2. The summed E-state index contributed by atoms with van der Waals surface area (Å²) in [4.78, 5) is 15.5. The molecule has 1 fully saturated rings. The first-order valence-corrected chi connectivity index (χ1v) is 8.15. The summed E-state index contributed by atoms with van der Waals surface area (Å²) >= 11 is 5.26. The van der Waals surface area contributed by atoms with Gasteiger partial charge in [0, 0.05) is 30.6 Å². The number of para-hydroxylation sites is 1. The topological polar surface area (TPSA) is 78.5 Å². The third-order valence-corrected chi connectivity index (χ3v) is 4.44. The highest BCUT2D eigenvalue weighted by atomic mass is 32.1. The quantitative estimate of drug-likeness (QED) is 0.631.